The van der Waals surface area contributed by atoms with Crippen molar-refractivity contribution in [2.75, 3.05) is 12.8 Å². The second-order valence-electron chi connectivity index (χ2n) is 4.00. The molecule has 0 aromatic heterocycles. The van der Waals surface area contributed by atoms with E-state index in [1.807, 2.05) is 0 Å². The maximum atomic E-state index is 11.0. The highest BCUT2D eigenvalue weighted by molar-refractivity contribution is 7.88. The van der Waals surface area contributed by atoms with E-state index < -0.39 is 10.0 Å². The predicted octanol–water partition coefficient (Wildman–Crippen LogP) is 0.456. The minimum atomic E-state index is -3.02. The van der Waals surface area contributed by atoms with Crippen LogP contribution in [0.3, 0.4) is 0 Å². The van der Waals surface area contributed by atoms with E-state index in [0.717, 1.165) is 32.2 Å². The molecule has 0 aliphatic heterocycles. The smallest absolute Gasteiger partial charge is 0.208 e. The minimum Gasteiger partial charge on any atom is -0.314 e. The van der Waals surface area contributed by atoms with Gasteiger partial charge in [-0.15, -0.1) is 0 Å². The fraction of sp³-hybridized carbons (Fsp3) is 1.00. The van der Waals surface area contributed by atoms with Crippen LogP contribution < -0.4 is 10.0 Å². The highest BCUT2D eigenvalue weighted by Gasteiger charge is 2.22. The SMILES string of the molecule is CCN[C@H]1CC[C@H](NS(C)(=O)=O)CC1. The molecule has 0 spiro atoms. The van der Waals surface area contributed by atoms with Crippen LogP contribution in [0.2, 0.25) is 0 Å². The molecule has 1 fully saturated rings. The van der Waals surface area contributed by atoms with Crippen LogP contribution in [0.4, 0.5) is 0 Å². The van der Waals surface area contributed by atoms with Gasteiger partial charge < -0.3 is 5.32 Å². The third-order valence-electron chi connectivity index (χ3n) is 2.60. The minimum absolute atomic E-state index is 0.153. The molecule has 5 heteroatoms. The van der Waals surface area contributed by atoms with Crippen molar-refractivity contribution in [2.45, 2.75) is 44.7 Å². The summed E-state index contributed by atoms with van der Waals surface area (Å²) in [5.41, 5.74) is 0. The Kier molecular flexibility index (Phi) is 4.34. The van der Waals surface area contributed by atoms with Gasteiger partial charge in [0.15, 0.2) is 0 Å². The predicted molar refractivity (Wildman–Crippen MR) is 57.7 cm³/mol. The number of sulfonamides is 1. The zero-order chi connectivity index (χ0) is 10.6. The molecule has 0 saturated heterocycles. The number of hydrogen-bond acceptors (Lipinski definition) is 3. The lowest BCUT2D eigenvalue weighted by Gasteiger charge is -2.28. The summed E-state index contributed by atoms with van der Waals surface area (Å²) in [4.78, 5) is 0. The van der Waals surface area contributed by atoms with Gasteiger partial charge in [-0.05, 0) is 32.2 Å². The second-order valence-corrected chi connectivity index (χ2v) is 5.78. The summed E-state index contributed by atoms with van der Waals surface area (Å²) in [7, 11) is -3.02. The van der Waals surface area contributed by atoms with Crippen molar-refractivity contribution in [3.63, 3.8) is 0 Å². The summed E-state index contributed by atoms with van der Waals surface area (Å²) < 4.78 is 24.6. The molecular weight excluding hydrogens is 200 g/mol. The van der Waals surface area contributed by atoms with Gasteiger partial charge in [-0.1, -0.05) is 6.92 Å². The lowest BCUT2D eigenvalue weighted by Crippen LogP contribution is -2.41. The molecule has 0 bridgehead atoms. The van der Waals surface area contributed by atoms with Gasteiger partial charge in [0.2, 0.25) is 10.0 Å². The molecule has 0 aromatic carbocycles. The van der Waals surface area contributed by atoms with E-state index in [4.69, 9.17) is 0 Å². The Morgan fingerprint density at radius 1 is 1.14 bits per heavy atom. The summed E-state index contributed by atoms with van der Waals surface area (Å²) in [5, 5.41) is 3.39. The van der Waals surface area contributed by atoms with Gasteiger partial charge >= 0.3 is 0 Å². The molecule has 0 unspecified atom stereocenters. The van der Waals surface area contributed by atoms with Crippen molar-refractivity contribution in [1.82, 2.24) is 10.0 Å². The summed E-state index contributed by atoms with van der Waals surface area (Å²) in [6.07, 6.45) is 5.26. The molecule has 0 atom stereocenters. The normalized spacial score (nSPS) is 29.0. The van der Waals surface area contributed by atoms with E-state index in [2.05, 4.69) is 17.0 Å². The van der Waals surface area contributed by atoms with E-state index >= 15 is 0 Å². The van der Waals surface area contributed by atoms with E-state index in [9.17, 15) is 8.42 Å². The Balaban J connectivity index is 2.29. The fourth-order valence-electron chi connectivity index (χ4n) is 2.01. The molecule has 0 heterocycles. The Labute approximate surface area is 86.5 Å². The first-order chi connectivity index (χ1) is 6.51. The molecule has 2 N–H and O–H groups in total. The largest absolute Gasteiger partial charge is 0.314 e. The van der Waals surface area contributed by atoms with Gasteiger partial charge in [0.05, 0.1) is 6.26 Å². The Morgan fingerprint density at radius 2 is 1.64 bits per heavy atom. The molecule has 0 radical (unpaired) electrons. The van der Waals surface area contributed by atoms with Crippen LogP contribution >= 0.6 is 0 Å². The number of rotatable bonds is 4. The Hall–Kier alpha value is -0.130. The summed E-state index contributed by atoms with van der Waals surface area (Å²) in [5.74, 6) is 0. The standard InChI is InChI=1S/C9H20N2O2S/c1-3-10-8-4-6-9(7-5-8)11-14(2,12)13/h8-11H,3-7H2,1-2H3/t8-,9-. The van der Waals surface area contributed by atoms with Crippen LogP contribution in [-0.2, 0) is 10.0 Å². The van der Waals surface area contributed by atoms with Crippen molar-refractivity contribution >= 4 is 10.0 Å². The summed E-state index contributed by atoms with van der Waals surface area (Å²) in [6.45, 7) is 3.09. The van der Waals surface area contributed by atoms with Gasteiger partial charge in [0, 0.05) is 12.1 Å². The van der Waals surface area contributed by atoms with E-state index in [1.54, 1.807) is 0 Å². The van der Waals surface area contributed by atoms with Gasteiger partial charge in [-0.2, -0.15) is 0 Å². The molecule has 0 aromatic rings. The molecule has 84 valence electrons. The molecule has 1 aliphatic carbocycles. The van der Waals surface area contributed by atoms with Crippen LogP contribution in [0.5, 0.6) is 0 Å². The van der Waals surface area contributed by atoms with Crippen LogP contribution in [-0.4, -0.2) is 33.3 Å². The fourth-order valence-corrected chi connectivity index (χ4v) is 2.85. The lowest BCUT2D eigenvalue weighted by atomic mass is 9.92. The molecule has 14 heavy (non-hydrogen) atoms. The van der Waals surface area contributed by atoms with Crippen LogP contribution in [0.1, 0.15) is 32.6 Å². The first-order valence-corrected chi connectivity index (χ1v) is 7.11. The van der Waals surface area contributed by atoms with Crippen LogP contribution in [0.25, 0.3) is 0 Å². The molecular formula is C9H20N2O2S. The summed E-state index contributed by atoms with van der Waals surface area (Å²) >= 11 is 0. The maximum absolute atomic E-state index is 11.0. The average molecular weight is 220 g/mol. The highest BCUT2D eigenvalue weighted by Crippen LogP contribution is 2.18. The van der Waals surface area contributed by atoms with Crippen molar-refractivity contribution < 1.29 is 8.42 Å². The Morgan fingerprint density at radius 3 is 2.07 bits per heavy atom. The van der Waals surface area contributed by atoms with Crippen molar-refractivity contribution in [3.05, 3.63) is 0 Å². The van der Waals surface area contributed by atoms with E-state index in [1.165, 1.54) is 6.26 Å². The molecule has 0 amide bonds. The van der Waals surface area contributed by atoms with Gasteiger partial charge in [0.1, 0.15) is 0 Å². The second kappa shape index (κ2) is 5.09. The molecule has 1 saturated carbocycles. The lowest BCUT2D eigenvalue weighted by molar-refractivity contribution is 0.334. The Bertz CT molecular complexity index is 256. The third-order valence-corrected chi connectivity index (χ3v) is 3.36. The molecule has 1 aliphatic rings. The van der Waals surface area contributed by atoms with Gasteiger partial charge in [0.25, 0.3) is 0 Å². The zero-order valence-electron chi connectivity index (χ0n) is 8.91. The first-order valence-electron chi connectivity index (χ1n) is 5.22. The van der Waals surface area contributed by atoms with E-state index in [-0.39, 0.29) is 6.04 Å². The highest BCUT2D eigenvalue weighted by atomic mass is 32.2. The van der Waals surface area contributed by atoms with Crippen molar-refractivity contribution in [3.8, 4) is 0 Å². The van der Waals surface area contributed by atoms with Gasteiger partial charge in [-0.25, -0.2) is 13.1 Å². The number of nitrogens with one attached hydrogen (secondary N) is 2. The van der Waals surface area contributed by atoms with Crippen LogP contribution in [0, 0.1) is 0 Å². The monoisotopic (exact) mass is 220 g/mol. The van der Waals surface area contributed by atoms with Crippen LogP contribution in [0.15, 0.2) is 0 Å². The quantitative estimate of drug-likeness (QED) is 0.723. The maximum Gasteiger partial charge on any atom is 0.208 e. The van der Waals surface area contributed by atoms with Crippen molar-refractivity contribution in [2.24, 2.45) is 0 Å². The van der Waals surface area contributed by atoms with Crippen molar-refractivity contribution in [1.29, 1.82) is 0 Å². The number of hydrogen-bond donors (Lipinski definition) is 2. The topological polar surface area (TPSA) is 58.2 Å². The third kappa shape index (κ3) is 4.39. The summed E-state index contributed by atoms with van der Waals surface area (Å²) in [6, 6.07) is 0.734. The van der Waals surface area contributed by atoms with Gasteiger partial charge in [-0.3, -0.25) is 0 Å². The van der Waals surface area contributed by atoms with E-state index in [0.29, 0.717) is 6.04 Å². The zero-order valence-corrected chi connectivity index (χ0v) is 9.73. The molecule has 4 nitrogen and oxygen atoms in total. The molecule has 1 rings (SSSR count). The first kappa shape index (κ1) is 11.9. The average Bonchev–Trinajstić information content (AvgIpc) is 2.06.